The number of allylic oxidation sites excluding steroid dienone is 5. The van der Waals surface area contributed by atoms with Crippen LogP contribution < -0.4 is 0 Å². The number of aliphatic hydroxyl groups excluding tert-OH is 2. The summed E-state index contributed by atoms with van der Waals surface area (Å²) in [5.74, 6) is 0.358. The summed E-state index contributed by atoms with van der Waals surface area (Å²) in [6.07, 6.45) is 12.6. The molecule has 0 fully saturated rings. The molecule has 4 N–H and O–H groups in total. The fraction of sp³-hybridized carbons (Fsp3) is 0.481. The first-order chi connectivity index (χ1) is 14.6. The van der Waals surface area contributed by atoms with E-state index in [9.17, 15) is 15.3 Å². The Hall–Kier alpha value is -2.30. The molecule has 1 rings (SSSR count). The second-order valence-corrected chi connectivity index (χ2v) is 8.65. The van der Waals surface area contributed by atoms with Gasteiger partial charge in [-0.3, -0.25) is 0 Å². The SMILES string of the molecule is C/C(=C/CC/C(C)=C/CC/C(C)=C/[C@H](O)C/C(C)=C/Cc1cc(O)cc(C)c1O)CO. The van der Waals surface area contributed by atoms with Crippen LogP contribution in [0.5, 0.6) is 11.5 Å². The molecule has 0 radical (unpaired) electrons. The molecular formula is C27H40O4. The summed E-state index contributed by atoms with van der Waals surface area (Å²) in [7, 11) is 0. The molecule has 1 aromatic carbocycles. The summed E-state index contributed by atoms with van der Waals surface area (Å²) in [5, 5.41) is 39.2. The zero-order chi connectivity index (χ0) is 23.4. The number of benzene rings is 1. The van der Waals surface area contributed by atoms with Crippen LogP contribution in [0.1, 0.15) is 70.9 Å². The molecule has 0 aliphatic carbocycles. The van der Waals surface area contributed by atoms with Crippen molar-refractivity contribution in [2.24, 2.45) is 0 Å². The molecule has 31 heavy (non-hydrogen) atoms. The maximum atomic E-state index is 10.4. The number of aliphatic hydroxyl groups is 2. The molecule has 0 unspecified atom stereocenters. The summed E-state index contributed by atoms with van der Waals surface area (Å²) >= 11 is 0. The number of rotatable bonds is 12. The van der Waals surface area contributed by atoms with Gasteiger partial charge in [0.05, 0.1) is 12.7 Å². The first-order valence-corrected chi connectivity index (χ1v) is 11.1. The number of hydrogen-bond donors (Lipinski definition) is 4. The van der Waals surface area contributed by atoms with Crippen LogP contribution >= 0.6 is 0 Å². The molecule has 0 aromatic heterocycles. The van der Waals surface area contributed by atoms with E-state index in [0.717, 1.165) is 36.8 Å². The van der Waals surface area contributed by atoms with Gasteiger partial charge in [0.25, 0.3) is 0 Å². The number of aromatic hydroxyl groups is 2. The minimum Gasteiger partial charge on any atom is -0.508 e. The summed E-state index contributed by atoms with van der Waals surface area (Å²) < 4.78 is 0. The highest BCUT2D eigenvalue weighted by Crippen LogP contribution is 2.28. The predicted octanol–water partition coefficient (Wildman–Crippen LogP) is 6.04. The molecular weight excluding hydrogens is 388 g/mol. The molecule has 0 spiro atoms. The number of phenols is 2. The minimum absolute atomic E-state index is 0.127. The quantitative estimate of drug-likeness (QED) is 0.242. The highest BCUT2D eigenvalue weighted by Gasteiger charge is 2.07. The summed E-state index contributed by atoms with van der Waals surface area (Å²) in [5.41, 5.74) is 5.90. The molecule has 0 amide bonds. The number of aryl methyl sites for hydroxylation is 1. The van der Waals surface area contributed by atoms with E-state index in [1.807, 2.05) is 32.9 Å². The van der Waals surface area contributed by atoms with Gasteiger partial charge in [-0.05, 0) is 90.8 Å². The standard InChI is InChI=1S/C27H40O4/c1-19(9-7-11-22(4)18-28)8-6-10-20(2)14-25(29)15-21(3)12-13-24-17-26(30)16-23(5)27(24)31/h8,11-12,14,16-17,25,28-31H,6-7,9-10,13,15,18H2,1-5H3/b19-8+,20-14+,21-12+,22-11-/t25-/m0/s1. The van der Waals surface area contributed by atoms with Gasteiger partial charge in [0.2, 0.25) is 0 Å². The van der Waals surface area contributed by atoms with Crippen molar-refractivity contribution >= 4 is 0 Å². The van der Waals surface area contributed by atoms with Crippen molar-refractivity contribution < 1.29 is 20.4 Å². The fourth-order valence-corrected chi connectivity index (χ4v) is 3.41. The Morgan fingerprint density at radius 2 is 1.48 bits per heavy atom. The first kappa shape index (κ1) is 26.7. The Morgan fingerprint density at radius 3 is 2.13 bits per heavy atom. The van der Waals surface area contributed by atoms with Crippen LogP contribution in [-0.4, -0.2) is 33.1 Å². The highest BCUT2D eigenvalue weighted by atomic mass is 16.3. The van der Waals surface area contributed by atoms with Gasteiger partial charge < -0.3 is 20.4 Å². The average molecular weight is 429 g/mol. The lowest BCUT2D eigenvalue weighted by Gasteiger charge is -2.10. The molecule has 4 heteroatoms. The summed E-state index contributed by atoms with van der Waals surface area (Å²) in [4.78, 5) is 0. The van der Waals surface area contributed by atoms with Crippen LogP contribution in [0.15, 0.2) is 58.7 Å². The third-order valence-electron chi connectivity index (χ3n) is 5.35. The second-order valence-electron chi connectivity index (χ2n) is 8.65. The van der Waals surface area contributed by atoms with Gasteiger partial charge in [-0.25, -0.2) is 0 Å². The molecule has 1 aromatic rings. The lowest BCUT2D eigenvalue weighted by molar-refractivity contribution is 0.222. The van der Waals surface area contributed by atoms with E-state index in [2.05, 4.69) is 19.1 Å². The van der Waals surface area contributed by atoms with Gasteiger partial charge in [-0.1, -0.05) is 46.6 Å². The Bertz CT molecular complexity index is 828. The Kier molecular flexibility index (Phi) is 12.0. The minimum atomic E-state index is -0.535. The normalized spacial score (nSPS) is 14.8. The van der Waals surface area contributed by atoms with Crippen molar-refractivity contribution in [3.8, 4) is 11.5 Å². The van der Waals surface area contributed by atoms with Gasteiger partial charge in [0.1, 0.15) is 11.5 Å². The molecule has 172 valence electrons. The molecule has 0 saturated carbocycles. The van der Waals surface area contributed by atoms with Crippen LogP contribution in [0.3, 0.4) is 0 Å². The molecule has 0 saturated heterocycles. The predicted molar refractivity (Wildman–Crippen MR) is 129 cm³/mol. The van der Waals surface area contributed by atoms with E-state index in [0.29, 0.717) is 24.0 Å². The average Bonchev–Trinajstić information content (AvgIpc) is 2.69. The lowest BCUT2D eigenvalue weighted by Crippen LogP contribution is -2.04. The van der Waals surface area contributed by atoms with Gasteiger partial charge in [-0.15, -0.1) is 0 Å². The van der Waals surface area contributed by atoms with Crippen molar-refractivity contribution in [3.63, 3.8) is 0 Å². The second kappa shape index (κ2) is 13.9. The molecule has 0 aliphatic rings. The molecule has 4 nitrogen and oxygen atoms in total. The van der Waals surface area contributed by atoms with E-state index in [1.165, 1.54) is 11.1 Å². The summed E-state index contributed by atoms with van der Waals surface area (Å²) in [6.45, 7) is 9.98. The maximum Gasteiger partial charge on any atom is 0.122 e. The Labute approximate surface area is 188 Å². The zero-order valence-corrected chi connectivity index (χ0v) is 19.8. The van der Waals surface area contributed by atoms with E-state index < -0.39 is 6.10 Å². The van der Waals surface area contributed by atoms with Crippen molar-refractivity contribution in [3.05, 3.63) is 69.9 Å². The first-order valence-electron chi connectivity index (χ1n) is 11.1. The van der Waals surface area contributed by atoms with Gasteiger partial charge in [0.15, 0.2) is 0 Å². The van der Waals surface area contributed by atoms with Crippen LogP contribution in [-0.2, 0) is 6.42 Å². The van der Waals surface area contributed by atoms with Gasteiger partial charge >= 0.3 is 0 Å². The van der Waals surface area contributed by atoms with Crippen LogP contribution in [0.2, 0.25) is 0 Å². The smallest absolute Gasteiger partial charge is 0.122 e. The van der Waals surface area contributed by atoms with Crippen molar-refractivity contribution in [2.75, 3.05) is 6.61 Å². The van der Waals surface area contributed by atoms with E-state index in [4.69, 9.17) is 5.11 Å². The van der Waals surface area contributed by atoms with Crippen molar-refractivity contribution in [2.45, 2.75) is 79.2 Å². The Morgan fingerprint density at radius 1 is 0.871 bits per heavy atom. The topological polar surface area (TPSA) is 80.9 Å². The highest BCUT2D eigenvalue weighted by molar-refractivity contribution is 5.46. The monoisotopic (exact) mass is 428 g/mol. The molecule has 1 atom stereocenters. The van der Waals surface area contributed by atoms with Crippen molar-refractivity contribution in [1.82, 2.24) is 0 Å². The Balaban J connectivity index is 2.49. The molecule has 0 aliphatic heterocycles. The zero-order valence-electron chi connectivity index (χ0n) is 19.8. The van der Waals surface area contributed by atoms with Crippen molar-refractivity contribution in [1.29, 1.82) is 0 Å². The van der Waals surface area contributed by atoms with Gasteiger partial charge in [0, 0.05) is 5.56 Å². The molecule has 0 heterocycles. The van der Waals surface area contributed by atoms with E-state index in [1.54, 1.807) is 19.1 Å². The van der Waals surface area contributed by atoms with Crippen LogP contribution in [0.4, 0.5) is 0 Å². The third-order valence-corrected chi connectivity index (χ3v) is 5.35. The lowest BCUT2D eigenvalue weighted by atomic mass is 10.0. The molecule has 0 bridgehead atoms. The van der Waals surface area contributed by atoms with Crippen LogP contribution in [0.25, 0.3) is 0 Å². The number of phenolic OH excluding ortho intramolecular Hbond substituents is 2. The van der Waals surface area contributed by atoms with Crippen LogP contribution in [0, 0.1) is 6.92 Å². The largest absolute Gasteiger partial charge is 0.508 e. The third kappa shape index (κ3) is 11.0. The fourth-order valence-electron chi connectivity index (χ4n) is 3.41. The maximum absolute atomic E-state index is 10.4. The van der Waals surface area contributed by atoms with E-state index >= 15 is 0 Å². The summed E-state index contributed by atoms with van der Waals surface area (Å²) in [6, 6.07) is 3.12. The van der Waals surface area contributed by atoms with Gasteiger partial charge in [-0.2, -0.15) is 0 Å². The van der Waals surface area contributed by atoms with E-state index in [-0.39, 0.29) is 18.1 Å². The number of hydrogen-bond acceptors (Lipinski definition) is 4.